The first-order valence-corrected chi connectivity index (χ1v) is 8.80. The zero-order valence-electron chi connectivity index (χ0n) is 12.6. The SMILES string of the molecule is CCCNCCCN(C)S(=O)(=O)N1CCCC(C)C1. The lowest BCUT2D eigenvalue weighted by Crippen LogP contribution is -2.46. The van der Waals surface area contributed by atoms with E-state index in [0.29, 0.717) is 25.6 Å². The minimum absolute atomic E-state index is 0.475. The number of rotatable bonds is 8. The lowest BCUT2D eigenvalue weighted by atomic mass is 10.0. The standard InChI is InChI=1S/C13H29N3O2S/c1-4-8-14-9-6-10-15(3)19(17,18)16-11-5-7-13(2)12-16/h13-14H,4-12H2,1-3H3. The summed E-state index contributed by atoms with van der Waals surface area (Å²) in [6.07, 6.45) is 4.09. The van der Waals surface area contributed by atoms with Crippen molar-refractivity contribution in [1.82, 2.24) is 13.9 Å². The van der Waals surface area contributed by atoms with Crippen LogP contribution in [0.1, 0.15) is 39.5 Å². The third kappa shape index (κ3) is 5.38. The lowest BCUT2D eigenvalue weighted by molar-refractivity contribution is 0.263. The fourth-order valence-corrected chi connectivity index (χ4v) is 3.95. The molecule has 1 unspecified atom stereocenters. The van der Waals surface area contributed by atoms with Crippen molar-refractivity contribution in [3.05, 3.63) is 0 Å². The Hall–Kier alpha value is -0.170. The van der Waals surface area contributed by atoms with Crippen molar-refractivity contribution in [3.63, 3.8) is 0 Å². The van der Waals surface area contributed by atoms with E-state index in [1.807, 2.05) is 0 Å². The van der Waals surface area contributed by atoms with Gasteiger partial charge in [0, 0.05) is 26.7 Å². The van der Waals surface area contributed by atoms with Crippen LogP contribution in [0.3, 0.4) is 0 Å². The molecule has 0 spiro atoms. The van der Waals surface area contributed by atoms with E-state index in [9.17, 15) is 8.42 Å². The Bertz CT molecular complexity index is 346. The molecule has 0 amide bonds. The molecule has 114 valence electrons. The van der Waals surface area contributed by atoms with Crippen LogP contribution in [0.2, 0.25) is 0 Å². The highest BCUT2D eigenvalue weighted by atomic mass is 32.2. The monoisotopic (exact) mass is 291 g/mol. The van der Waals surface area contributed by atoms with Crippen molar-refractivity contribution in [3.8, 4) is 0 Å². The topological polar surface area (TPSA) is 52.7 Å². The summed E-state index contributed by atoms with van der Waals surface area (Å²) in [5.41, 5.74) is 0. The van der Waals surface area contributed by atoms with E-state index < -0.39 is 10.2 Å². The van der Waals surface area contributed by atoms with Crippen LogP contribution in [0.25, 0.3) is 0 Å². The molecule has 1 fully saturated rings. The van der Waals surface area contributed by atoms with E-state index in [1.165, 1.54) is 4.31 Å². The van der Waals surface area contributed by atoms with Crippen molar-refractivity contribution in [2.24, 2.45) is 5.92 Å². The Morgan fingerprint density at radius 2 is 2.11 bits per heavy atom. The Balaban J connectivity index is 2.38. The first-order chi connectivity index (χ1) is 8.98. The fraction of sp³-hybridized carbons (Fsp3) is 1.00. The molecule has 0 radical (unpaired) electrons. The average molecular weight is 291 g/mol. The van der Waals surface area contributed by atoms with Crippen LogP contribution in [-0.4, -0.2) is 56.8 Å². The molecule has 19 heavy (non-hydrogen) atoms. The molecule has 1 rings (SSSR count). The van der Waals surface area contributed by atoms with Crippen molar-refractivity contribution in [2.75, 3.05) is 39.8 Å². The summed E-state index contributed by atoms with van der Waals surface area (Å²) in [5.74, 6) is 0.475. The van der Waals surface area contributed by atoms with Gasteiger partial charge in [-0.05, 0) is 44.7 Å². The molecule has 5 nitrogen and oxygen atoms in total. The molecule has 6 heteroatoms. The summed E-state index contributed by atoms with van der Waals surface area (Å²) in [6, 6.07) is 0. The van der Waals surface area contributed by atoms with E-state index in [0.717, 1.165) is 38.8 Å². The van der Waals surface area contributed by atoms with Crippen LogP contribution in [0.4, 0.5) is 0 Å². The van der Waals surface area contributed by atoms with Gasteiger partial charge in [-0.1, -0.05) is 13.8 Å². The normalized spacial score (nSPS) is 22.0. The molecule has 0 bridgehead atoms. The second-order valence-corrected chi connectivity index (χ2v) is 7.57. The first kappa shape index (κ1) is 16.9. The summed E-state index contributed by atoms with van der Waals surface area (Å²) in [7, 11) is -1.56. The maximum absolute atomic E-state index is 12.4. The number of piperidine rings is 1. The van der Waals surface area contributed by atoms with Crippen molar-refractivity contribution >= 4 is 10.2 Å². The second kappa shape index (κ2) is 8.19. The predicted octanol–water partition coefficient (Wildman–Crippen LogP) is 1.28. The average Bonchev–Trinajstić information content (AvgIpc) is 2.38. The molecule has 1 saturated heterocycles. The third-order valence-electron chi connectivity index (χ3n) is 3.59. The smallest absolute Gasteiger partial charge is 0.281 e. The minimum Gasteiger partial charge on any atom is -0.317 e. The molecule has 1 heterocycles. The zero-order chi connectivity index (χ0) is 14.3. The molecule has 0 aliphatic carbocycles. The molecule has 0 aromatic rings. The van der Waals surface area contributed by atoms with E-state index in [1.54, 1.807) is 11.4 Å². The van der Waals surface area contributed by atoms with Gasteiger partial charge in [0.1, 0.15) is 0 Å². The molecule has 1 aliphatic rings. The number of nitrogens with one attached hydrogen (secondary N) is 1. The zero-order valence-corrected chi connectivity index (χ0v) is 13.4. The van der Waals surface area contributed by atoms with Gasteiger partial charge >= 0.3 is 0 Å². The number of nitrogens with zero attached hydrogens (tertiary/aromatic N) is 2. The van der Waals surface area contributed by atoms with Gasteiger partial charge in [0.25, 0.3) is 10.2 Å². The quantitative estimate of drug-likeness (QED) is 0.686. The number of hydrogen-bond acceptors (Lipinski definition) is 3. The molecule has 0 aromatic carbocycles. The second-order valence-electron chi connectivity index (χ2n) is 5.54. The lowest BCUT2D eigenvalue weighted by Gasteiger charge is -2.33. The maximum atomic E-state index is 12.4. The molecular formula is C13H29N3O2S. The fourth-order valence-electron chi connectivity index (χ4n) is 2.40. The van der Waals surface area contributed by atoms with E-state index >= 15 is 0 Å². The minimum atomic E-state index is -3.25. The van der Waals surface area contributed by atoms with Gasteiger partial charge in [-0.15, -0.1) is 0 Å². The van der Waals surface area contributed by atoms with Gasteiger partial charge in [0.05, 0.1) is 0 Å². The highest BCUT2D eigenvalue weighted by Gasteiger charge is 2.29. The Morgan fingerprint density at radius 1 is 1.37 bits per heavy atom. The molecule has 1 N–H and O–H groups in total. The van der Waals surface area contributed by atoms with E-state index in [4.69, 9.17) is 0 Å². The Morgan fingerprint density at radius 3 is 2.74 bits per heavy atom. The van der Waals surface area contributed by atoms with Gasteiger partial charge in [-0.3, -0.25) is 0 Å². The van der Waals surface area contributed by atoms with Crippen LogP contribution < -0.4 is 5.32 Å². The largest absolute Gasteiger partial charge is 0.317 e. The molecule has 1 aliphatic heterocycles. The van der Waals surface area contributed by atoms with E-state index in [2.05, 4.69) is 19.2 Å². The molecule has 0 saturated carbocycles. The Kier molecular flexibility index (Phi) is 7.28. The third-order valence-corrected chi connectivity index (χ3v) is 5.55. The van der Waals surface area contributed by atoms with E-state index in [-0.39, 0.29) is 0 Å². The van der Waals surface area contributed by atoms with Crippen LogP contribution in [0, 0.1) is 5.92 Å². The highest BCUT2D eigenvalue weighted by Crippen LogP contribution is 2.19. The number of hydrogen-bond donors (Lipinski definition) is 1. The Labute approximate surface area is 118 Å². The molecular weight excluding hydrogens is 262 g/mol. The van der Waals surface area contributed by atoms with Gasteiger partial charge in [0.15, 0.2) is 0 Å². The molecule has 1 atom stereocenters. The van der Waals surface area contributed by atoms with Gasteiger partial charge in [-0.25, -0.2) is 0 Å². The van der Waals surface area contributed by atoms with Gasteiger partial charge in [-0.2, -0.15) is 17.0 Å². The summed E-state index contributed by atoms with van der Waals surface area (Å²) in [4.78, 5) is 0. The van der Waals surface area contributed by atoms with Crippen molar-refractivity contribution < 1.29 is 8.42 Å². The van der Waals surface area contributed by atoms with Crippen LogP contribution in [0.5, 0.6) is 0 Å². The summed E-state index contributed by atoms with van der Waals surface area (Å²) < 4.78 is 27.9. The molecule has 0 aromatic heterocycles. The van der Waals surface area contributed by atoms with Crippen molar-refractivity contribution in [1.29, 1.82) is 0 Å². The van der Waals surface area contributed by atoms with Crippen LogP contribution in [0.15, 0.2) is 0 Å². The van der Waals surface area contributed by atoms with Crippen molar-refractivity contribution in [2.45, 2.75) is 39.5 Å². The maximum Gasteiger partial charge on any atom is 0.281 e. The predicted molar refractivity (Wildman–Crippen MR) is 79.3 cm³/mol. The first-order valence-electron chi connectivity index (χ1n) is 7.40. The highest BCUT2D eigenvalue weighted by molar-refractivity contribution is 7.86. The van der Waals surface area contributed by atoms with Crippen LogP contribution >= 0.6 is 0 Å². The van der Waals surface area contributed by atoms with Gasteiger partial charge < -0.3 is 5.32 Å². The summed E-state index contributed by atoms with van der Waals surface area (Å²) >= 11 is 0. The van der Waals surface area contributed by atoms with Gasteiger partial charge in [0.2, 0.25) is 0 Å². The summed E-state index contributed by atoms with van der Waals surface area (Å²) in [5, 5.41) is 3.29. The summed E-state index contributed by atoms with van der Waals surface area (Å²) in [6.45, 7) is 8.05. The van der Waals surface area contributed by atoms with Crippen LogP contribution in [-0.2, 0) is 10.2 Å².